The van der Waals surface area contributed by atoms with Gasteiger partial charge in [-0.3, -0.25) is 19.5 Å². The lowest BCUT2D eigenvalue weighted by Gasteiger charge is -2.33. The van der Waals surface area contributed by atoms with Crippen molar-refractivity contribution in [3.8, 4) is 0 Å². The van der Waals surface area contributed by atoms with Gasteiger partial charge in [0.05, 0.1) is 31.6 Å². The summed E-state index contributed by atoms with van der Waals surface area (Å²) in [4.78, 5) is 38.0. The summed E-state index contributed by atoms with van der Waals surface area (Å²) in [6, 6.07) is 8.65. The predicted octanol–water partition coefficient (Wildman–Crippen LogP) is -2.70. The Kier molecular flexibility index (Phi) is 21.5. The number of benzene rings is 1. The Bertz CT molecular complexity index is 1570. The number of amidine groups is 1. The zero-order chi connectivity index (χ0) is 43.6. The van der Waals surface area contributed by atoms with Crippen LogP contribution in [0.5, 0.6) is 0 Å². The number of nitrogens with two attached hydrogens (primary N) is 2. The first-order chi connectivity index (χ1) is 28.1. The van der Waals surface area contributed by atoms with Crippen LogP contribution in [0.15, 0.2) is 35.5 Å². The molecule has 0 spiro atoms. The van der Waals surface area contributed by atoms with Crippen molar-refractivity contribution in [2.75, 3.05) is 45.9 Å². The number of aromatic nitrogens is 2. The molecule has 0 unspecified atom stereocenters. The second-order valence-electron chi connectivity index (χ2n) is 15.2. The van der Waals surface area contributed by atoms with Crippen molar-refractivity contribution in [3.63, 3.8) is 0 Å². The van der Waals surface area contributed by atoms with Crippen LogP contribution >= 0.6 is 11.6 Å². The molecular weight excluding hydrogens is 794 g/mol. The van der Waals surface area contributed by atoms with Crippen LogP contribution in [0.25, 0.3) is 0 Å². The average Bonchev–Trinajstić information content (AvgIpc) is 3.23. The molecule has 1 aromatic heterocycles. The number of aryl methyl sites for hydroxylation is 1. The Morgan fingerprint density at radius 2 is 1.37 bits per heavy atom. The Morgan fingerprint density at radius 3 is 1.92 bits per heavy atom. The lowest BCUT2D eigenvalue weighted by molar-refractivity contribution is -0.130. The quantitative estimate of drug-likeness (QED) is 0.0260. The van der Waals surface area contributed by atoms with Crippen molar-refractivity contribution in [3.05, 3.63) is 58.1 Å². The number of aliphatic imine (C=N–C) groups is 1. The van der Waals surface area contributed by atoms with Gasteiger partial charge >= 0.3 is 0 Å². The number of nitrogens with one attached hydrogen (secondary N) is 1. The topological polar surface area (TPSA) is 342 Å². The molecule has 0 bridgehead atoms. The van der Waals surface area contributed by atoms with E-state index in [1.165, 1.54) is 22.2 Å². The number of amides is 2. The van der Waals surface area contributed by atoms with Gasteiger partial charge in [-0.25, -0.2) is 9.97 Å². The van der Waals surface area contributed by atoms with Crippen LogP contribution in [-0.2, 0) is 11.2 Å². The lowest BCUT2D eigenvalue weighted by atomic mass is 9.77. The summed E-state index contributed by atoms with van der Waals surface area (Å²) in [5, 5.41) is 102. The van der Waals surface area contributed by atoms with E-state index < -0.39 is 81.0 Å². The van der Waals surface area contributed by atoms with Gasteiger partial charge < -0.3 is 67.8 Å². The SMILES string of the molecule is NC(=O)c1nc(Cl)cnc1C(N)=NCCCCc1ccc(C2CCC(CCC(=O)NCCN(C[C@H](O)[C@@H](O)[C@H](O)[C@H](O)CO)C[C@H](O)[C@@H](O)[C@H](O)[C@H](O)CO)CC2)cc1. The molecule has 0 aliphatic heterocycles. The second-order valence-corrected chi connectivity index (χ2v) is 15.6. The number of carbonyl (C=O) groups excluding carboxylic acids is 2. The van der Waals surface area contributed by atoms with E-state index in [-0.39, 0.29) is 47.8 Å². The maximum atomic E-state index is 12.8. The van der Waals surface area contributed by atoms with Crippen molar-refractivity contribution >= 4 is 29.3 Å². The summed E-state index contributed by atoms with van der Waals surface area (Å²) in [5.41, 5.74) is 13.9. The molecule has 0 saturated heterocycles. The highest BCUT2D eigenvalue weighted by Crippen LogP contribution is 2.37. The average molecular weight is 856 g/mol. The number of hydrogen-bond acceptors (Lipinski definition) is 16. The van der Waals surface area contributed by atoms with Gasteiger partial charge in [0.2, 0.25) is 5.91 Å². The zero-order valence-corrected chi connectivity index (χ0v) is 33.8. The fourth-order valence-electron chi connectivity index (χ4n) is 7.09. The maximum Gasteiger partial charge on any atom is 0.269 e. The van der Waals surface area contributed by atoms with Crippen LogP contribution in [0.3, 0.4) is 0 Å². The maximum absolute atomic E-state index is 12.8. The molecule has 59 heavy (non-hydrogen) atoms. The smallest absolute Gasteiger partial charge is 0.269 e. The molecule has 1 aromatic carbocycles. The van der Waals surface area contributed by atoms with E-state index in [1.807, 2.05) is 0 Å². The molecule has 15 N–H and O–H groups in total. The normalized spacial score (nSPS) is 20.3. The van der Waals surface area contributed by atoms with Crippen molar-refractivity contribution in [2.45, 2.75) is 113 Å². The predicted molar refractivity (Wildman–Crippen MR) is 216 cm³/mol. The number of rotatable bonds is 26. The van der Waals surface area contributed by atoms with E-state index in [9.17, 15) is 50.4 Å². The Morgan fingerprint density at radius 1 is 0.814 bits per heavy atom. The molecule has 1 aliphatic carbocycles. The highest BCUT2D eigenvalue weighted by Gasteiger charge is 2.34. The Hall–Kier alpha value is -3.44. The monoisotopic (exact) mass is 855 g/mol. The molecule has 1 saturated carbocycles. The molecule has 1 aliphatic rings. The number of halogens is 1. The number of hydrogen-bond donors (Lipinski definition) is 13. The molecule has 1 heterocycles. The zero-order valence-electron chi connectivity index (χ0n) is 33.1. The first-order valence-corrected chi connectivity index (χ1v) is 20.3. The van der Waals surface area contributed by atoms with E-state index in [4.69, 9.17) is 33.3 Å². The number of aliphatic hydroxyl groups excluding tert-OH is 10. The minimum Gasteiger partial charge on any atom is -0.394 e. The highest BCUT2D eigenvalue weighted by atomic mass is 35.5. The van der Waals surface area contributed by atoms with Gasteiger partial charge in [-0.2, -0.15) is 0 Å². The summed E-state index contributed by atoms with van der Waals surface area (Å²) < 4.78 is 0. The number of primary amides is 1. The summed E-state index contributed by atoms with van der Waals surface area (Å²) in [6.07, 6.45) is -5.71. The van der Waals surface area contributed by atoms with Gasteiger partial charge in [-0.05, 0) is 74.3 Å². The van der Waals surface area contributed by atoms with Gasteiger partial charge in [0.25, 0.3) is 5.91 Å². The van der Waals surface area contributed by atoms with Gasteiger partial charge in [0, 0.05) is 39.1 Å². The van der Waals surface area contributed by atoms with Crippen molar-refractivity contribution in [1.29, 1.82) is 0 Å². The molecular formula is C39H62ClN7O12. The van der Waals surface area contributed by atoms with Crippen molar-refractivity contribution < 1.29 is 60.7 Å². The van der Waals surface area contributed by atoms with E-state index in [0.29, 0.717) is 24.8 Å². The van der Waals surface area contributed by atoms with E-state index in [1.54, 1.807) is 0 Å². The molecule has 0 radical (unpaired) electrons. The molecule has 1 fully saturated rings. The second kappa shape index (κ2) is 25.4. The molecule has 8 atom stereocenters. The van der Waals surface area contributed by atoms with Crippen LogP contribution in [0.4, 0.5) is 0 Å². The van der Waals surface area contributed by atoms with Gasteiger partial charge in [0.15, 0.2) is 5.69 Å². The first-order valence-electron chi connectivity index (χ1n) is 19.9. The fourth-order valence-corrected chi connectivity index (χ4v) is 7.22. The first kappa shape index (κ1) is 49.9. The van der Waals surface area contributed by atoms with E-state index >= 15 is 0 Å². The molecule has 2 amide bonds. The largest absolute Gasteiger partial charge is 0.394 e. The van der Waals surface area contributed by atoms with Crippen LogP contribution in [0.2, 0.25) is 5.15 Å². The van der Waals surface area contributed by atoms with Crippen LogP contribution in [0, 0.1) is 5.92 Å². The molecule has 20 heteroatoms. The Labute approximate surface area is 348 Å². The Balaban J connectivity index is 1.40. The summed E-state index contributed by atoms with van der Waals surface area (Å²) in [5.74, 6) is -0.112. The third-order valence-corrected chi connectivity index (χ3v) is 10.9. The van der Waals surface area contributed by atoms with Crippen molar-refractivity contribution in [1.82, 2.24) is 20.2 Å². The lowest BCUT2D eigenvalue weighted by Crippen LogP contribution is -2.54. The standard InChI is InChI=1S/C39H62ClN7O12/c40-30-17-45-32(33(46-30)39(42)59)38(41)44-14-2-1-3-22-4-9-24(10-5-22)25-11-6-23(7-12-25)8-13-31(54)43-15-16-47(18-26(50)34(55)36(57)28(52)20-48)19-27(51)35(56)37(58)29(53)21-49/h4-5,9-10,17,23,25-29,34-37,48-53,55-58H,1-3,6-8,11-16,18-21H2,(H2,41,44)(H2,42,59)(H,43,54)/t23?,25?,26-,27-,28+,29+,34+,35+,36+,37+/m0/s1. The third-order valence-electron chi connectivity index (χ3n) is 10.7. The van der Waals surface area contributed by atoms with Gasteiger partial charge in [-0.15, -0.1) is 0 Å². The van der Waals surface area contributed by atoms with E-state index in [0.717, 1.165) is 44.9 Å². The minimum atomic E-state index is -1.90. The summed E-state index contributed by atoms with van der Waals surface area (Å²) in [7, 11) is 0. The number of carbonyl (C=O) groups is 2. The number of unbranched alkanes of at least 4 members (excludes halogenated alkanes) is 1. The van der Waals surface area contributed by atoms with Gasteiger partial charge in [-0.1, -0.05) is 35.9 Å². The van der Waals surface area contributed by atoms with Crippen LogP contribution in [-0.4, -0.2) is 178 Å². The van der Waals surface area contributed by atoms with Crippen LogP contribution < -0.4 is 16.8 Å². The number of nitrogens with zero attached hydrogens (tertiary/aromatic N) is 4. The van der Waals surface area contributed by atoms with Gasteiger partial charge in [0.1, 0.15) is 53.3 Å². The van der Waals surface area contributed by atoms with E-state index in [2.05, 4.69) is 44.5 Å². The fraction of sp³-hybridized carbons (Fsp3) is 0.667. The molecule has 3 rings (SSSR count). The third kappa shape index (κ3) is 16.2. The molecule has 19 nitrogen and oxygen atoms in total. The highest BCUT2D eigenvalue weighted by molar-refractivity contribution is 6.29. The molecule has 2 aromatic rings. The van der Waals surface area contributed by atoms with Crippen LogP contribution in [0.1, 0.15) is 84.6 Å². The summed E-state index contributed by atoms with van der Waals surface area (Å²) in [6.45, 7) is -2.11. The molecule has 332 valence electrons. The summed E-state index contributed by atoms with van der Waals surface area (Å²) >= 11 is 5.81. The minimum absolute atomic E-state index is 0.00824. The number of aliphatic hydroxyl groups is 10. The van der Waals surface area contributed by atoms with Crippen molar-refractivity contribution in [2.24, 2.45) is 22.4 Å².